The zero-order chi connectivity index (χ0) is 13.8. The van der Waals surface area contributed by atoms with E-state index in [2.05, 4.69) is 9.97 Å². The third-order valence-corrected chi connectivity index (χ3v) is 2.41. The number of carbonyl (C=O) groups is 2. The summed E-state index contributed by atoms with van der Waals surface area (Å²) in [6.45, 7) is 5.73. The van der Waals surface area contributed by atoms with Gasteiger partial charge in [-0.15, -0.1) is 0 Å². The average Bonchev–Trinajstić information content (AvgIpc) is 2.28. The summed E-state index contributed by atoms with van der Waals surface area (Å²) in [6.07, 6.45) is 4.11. The summed E-state index contributed by atoms with van der Waals surface area (Å²) < 4.78 is 0. The van der Waals surface area contributed by atoms with Gasteiger partial charge in [0.05, 0.1) is 12.0 Å². The van der Waals surface area contributed by atoms with Crippen LogP contribution in [0.2, 0.25) is 0 Å². The van der Waals surface area contributed by atoms with E-state index in [1.807, 2.05) is 20.8 Å². The monoisotopic (exact) mass is 251 g/mol. The number of amides is 1. The van der Waals surface area contributed by atoms with Crippen LogP contribution in [0.15, 0.2) is 18.7 Å². The SMILES string of the molecule is CC(C)(C)N(CCC(=O)O)C(=O)c1cncnc1. The molecule has 1 aromatic heterocycles. The maximum absolute atomic E-state index is 12.3. The smallest absolute Gasteiger partial charge is 0.305 e. The van der Waals surface area contributed by atoms with Crippen molar-refractivity contribution in [2.24, 2.45) is 0 Å². The van der Waals surface area contributed by atoms with Crippen LogP contribution in [-0.4, -0.2) is 43.9 Å². The summed E-state index contributed by atoms with van der Waals surface area (Å²) in [6, 6.07) is 0. The molecule has 1 N–H and O–H groups in total. The number of carboxylic acids is 1. The second-order valence-electron chi connectivity index (χ2n) is 4.90. The van der Waals surface area contributed by atoms with Gasteiger partial charge in [0.25, 0.3) is 5.91 Å². The van der Waals surface area contributed by atoms with Crippen LogP contribution in [-0.2, 0) is 4.79 Å². The van der Waals surface area contributed by atoms with Crippen LogP contribution in [0.5, 0.6) is 0 Å². The van der Waals surface area contributed by atoms with E-state index in [0.717, 1.165) is 0 Å². The summed E-state index contributed by atoms with van der Waals surface area (Å²) in [5.41, 5.74) is -0.0969. The maximum atomic E-state index is 12.3. The highest BCUT2D eigenvalue weighted by molar-refractivity contribution is 5.94. The number of aliphatic carboxylic acids is 1. The van der Waals surface area contributed by atoms with Gasteiger partial charge in [-0.3, -0.25) is 9.59 Å². The molecular weight excluding hydrogens is 234 g/mol. The Morgan fingerprint density at radius 3 is 2.28 bits per heavy atom. The molecule has 0 radical (unpaired) electrons. The molecule has 6 nitrogen and oxygen atoms in total. The molecule has 1 heterocycles. The van der Waals surface area contributed by atoms with E-state index in [1.54, 1.807) is 0 Å². The van der Waals surface area contributed by atoms with E-state index in [9.17, 15) is 9.59 Å². The summed E-state index contributed by atoms with van der Waals surface area (Å²) in [4.78, 5) is 32.0. The lowest BCUT2D eigenvalue weighted by molar-refractivity contribution is -0.137. The number of nitrogens with zero attached hydrogens (tertiary/aromatic N) is 3. The van der Waals surface area contributed by atoms with Gasteiger partial charge in [-0.2, -0.15) is 0 Å². The zero-order valence-corrected chi connectivity index (χ0v) is 10.8. The topological polar surface area (TPSA) is 83.4 Å². The fourth-order valence-corrected chi connectivity index (χ4v) is 1.51. The molecule has 0 saturated heterocycles. The first-order chi connectivity index (χ1) is 8.32. The number of aromatic nitrogens is 2. The van der Waals surface area contributed by atoms with Crippen LogP contribution in [0.1, 0.15) is 37.6 Å². The second kappa shape index (κ2) is 5.57. The molecule has 0 aliphatic carbocycles. The van der Waals surface area contributed by atoms with Crippen molar-refractivity contribution in [3.8, 4) is 0 Å². The number of carbonyl (C=O) groups excluding carboxylic acids is 1. The Bertz CT molecular complexity index is 426. The fraction of sp³-hybridized carbons (Fsp3) is 0.500. The first-order valence-corrected chi connectivity index (χ1v) is 5.61. The van der Waals surface area contributed by atoms with Crippen molar-refractivity contribution >= 4 is 11.9 Å². The van der Waals surface area contributed by atoms with Gasteiger partial charge in [0.1, 0.15) is 6.33 Å². The number of rotatable bonds is 4. The van der Waals surface area contributed by atoms with Crippen LogP contribution < -0.4 is 0 Å². The van der Waals surface area contributed by atoms with Gasteiger partial charge in [0.15, 0.2) is 0 Å². The molecule has 0 saturated carbocycles. The van der Waals surface area contributed by atoms with Crippen LogP contribution in [0.25, 0.3) is 0 Å². The summed E-state index contributed by atoms with van der Waals surface area (Å²) in [5, 5.41) is 8.72. The van der Waals surface area contributed by atoms with Crippen molar-refractivity contribution in [2.45, 2.75) is 32.7 Å². The van der Waals surface area contributed by atoms with Crippen molar-refractivity contribution in [3.63, 3.8) is 0 Å². The average molecular weight is 251 g/mol. The van der Waals surface area contributed by atoms with Crippen molar-refractivity contribution < 1.29 is 14.7 Å². The van der Waals surface area contributed by atoms with Crippen molar-refractivity contribution in [1.29, 1.82) is 0 Å². The highest BCUT2D eigenvalue weighted by Crippen LogP contribution is 2.17. The minimum absolute atomic E-state index is 0.0866. The third kappa shape index (κ3) is 3.80. The normalized spacial score (nSPS) is 11.1. The largest absolute Gasteiger partial charge is 0.481 e. The van der Waals surface area contributed by atoms with E-state index < -0.39 is 11.5 Å². The van der Waals surface area contributed by atoms with E-state index in [-0.39, 0.29) is 18.9 Å². The Morgan fingerprint density at radius 2 is 1.83 bits per heavy atom. The molecule has 0 aliphatic rings. The molecule has 0 fully saturated rings. The van der Waals surface area contributed by atoms with Gasteiger partial charge in [0, 0.05) is 24.5 Å². The molecule has 0 atom stereocenters. The number of carboxylic acid groups (broad SMARTS) is 1. The molecule has 0 bridgehead atoms. The highest BCUT2D eigenvalue weighted by atomic mass is 16.4. The Balaban J connectivity index is 2.90. The lowest BCUT2D eigenvalue weighted by Crippen LogP contribution is -2.46. The molecule has 0 aromatic carbocycles. The van der Waals surface area contributed by atoms with Gasteiger partial charge in [-0.05, 0) is 20.8 Å². The molecule has 0 spiro atoms. The van der Waals surface area contributed by atoms with Crippen LogP contribution in [0.4, 0.5) is 0 Å². The maximum Gasteiger partial charge on any atom is 0.305 e. The molecule has 1 rings (SSSR count). The zero-order valence-electron chi connectivity index (χ0n) is 10.8. The van der Waals surface area contributed by atoms with Gasteiger partial charge in [-0.1, -0.05) is 0 Å². The lowest BCUT2D eigenvalue weighted by Gasteiger charge is -2.35. The van der Waals surface area contributed by atoms with Crippen molar-refractivity contribution in [1.82, 2.24) is 14.9 Å². The molecule has 1 aromatic rings. The van der Waals surface area contributed by atoms with E-state index >= 15 is 0 Å². The highest BCUT2D eigenvalue weighted by Gasteiger charge is 2.27. The number of hydrogen-bond donors (Lipinski definition) is 1. The Hall–Kier alpha value is -1.98. The van der Waals surface area contributed by atoms with Crippen LogP contribution in [0.3, 0.4) is 0 Å². The predicted molar refractivity (Wildman–Crippen MR) is 65.1 cm³/mol. The summed E-state index contributed by atoms with van der Waals surface area (Å²) in [5.74, 6) is -1.19. The summed E-state index contributed by atoms with van der Waals surface area (Å²) >= 11 is 0. The fourth-order valence-electron chi connectivity index (χ4n) is 1.51. The van der Waals surface area contributed by atoms with Gasteiger partial charge < -0.3 is 10.0 Å². The van der Waals surface area contributed by atoms with Crippen LogP contribution >= 0.6 is 0 Å². The van der Waals surface area contributed by atoms with E-state index in [0.29, 0.717) is 5.56 Å². The van der Waals surface area contributed by atoms with Gasteiger partial charge >= 0.3 is 5.97 Å². The molecule has 0 aliphatic heterocycles. The molecule has 6 heteroatoms. The first kappa shape index (κ1) is 14.1. The van der Waals surface area contributed by atoms with Gasteiger partial charge in [-0.25, -0.2) is 9.97 Å². The molecular formula is C12H17N3O3. The Labute approximate surface area is 106 Å². The Kier molecular flexibility index (Phi) is 4.36. The molecule has 98 valence electrons. The first-order valence-electron chi connectivity index (χ1n) is 5.61. The standard InChI is InChI=1S/C12H17N3O3/c1-12(2,3)15(5-4-10(16)17)11(18)9-6-13-8-14-7-9/h6-8H,4-5H2,1-3H3,(H,16,17). The lowest BCUT2D eigenvalue weighted by atomic mass is 10.0. The molecule has 18 heavy (non-hydrogen) atoms. The third-order valence-electron chi connectivity index (χ3n) is 2.41. The van der Waals surface area contributed by atoms with Gasteiger partial charge in [0.2, 0.25) is 0 Å². The summed E-state index contributed by atoms with van der Waals surface area (Å²) in [7, 11) is 0. The minimum atomic E-state index is -0.929. The predicted octanol–water partition coefficient (Wildman–Crippen LogP) is 1.19. The second-order valence-corrected chi connectivity index (χ2v) is 4.90. The molecule has 0 unspecified atom stereocenters. The quantitative estimate of drug-likeness (QED) is 0.869. The van der Waals surface area contributed by atoms with E-state index in [1.165, 1.54) is 23.6 Å². The van der Waals surface area contributed by atoms with Crippen molar-refractivity contribution in [3.05, 3.63) is 24.3 Å². The Morgan fingerprint density at radius 1 is 1.28 bits per heavy atom. The molecule has 1 amide bonds. The van der Waals surface area contributed by atoms with E-state index in [4.69, 9.17) is 5.11 Å². The minimum Gasteiger partial charge on any atom is -0.481 e. The van der Waals surface area contributed by atoms with Crippen molar-refractivity contribution in [2.75, 3.05) is 6.54 Å². The number of hydrogen-bond acceptors (Lipinski definition) is 4. The van der Waals surface area contributed by atoms with Crippen LogP contribution in [0, 0.1) is 0 Å².